The normalized spacial score (nSPS) is 16.7. The van der Waals surface area contributed by atoms with Crippen molar-refractivity contribution >= 4 is 15.9 Å². The Morgan fingerprint density at radius 1 is 1.28 bits per heavy atom. The van der Waals surface area contributed by atoms with Crippen LogP contribution < -0.4 is 5.32 Å². The van der Waals surface area contributed by atoms with Crippen LogP contribution in [0.2, 0.25) is 0 Å². The first kappa shape index (κ1) is 17.5. The lowest BCUT2D eigenvalue weighted by Crippen LogP contribution is -2.46. The third kappa shape index (κ3) is 3.85. The van der Waals surface area contributed by atoms with Crippen LogP contribution in [0.5, 0.6) is 0 Å². The van der Waals surface area contributed by atoms with Gasteiger partial charge in [-0.15, -0.1) is 0 Å². The van der Waals surface area contributed by atoms with E-state index in [-0.39, 0.29) is 16.8 Å². The summed E-state index contributed by atoms with van der Waals surface area (Å²) < 4.78 is 28.0. The second-order valence-corrected chi connectivity index (χ2v) is 8.03. The molecule has 0 spiro atoms. The maximum absolute atomic E-state index is 12.6. The zero-order valence-electron chi connectivity index (χ0n) is 14.1. The van der Waals surface area contributed by atoms with Crippen LogP contribution in [0.3, 0.4) is 0 Å². The van der Waals surface area contributed by atoms with E-state index in [1.165, 1.54) is 27.6 Å². The monoisotopic (exact) mass is 364 g/mol. The van der Waals surface area contributed by atoms with E-state index in [1.807, 2.05) is 0 Å². The van der Waals surface area contributed by atoms with E-state index < -0.39 is 10.0 Å². The standard InChI is InChI=1S/C15H20N6O3S/c1-11-7-12(8-16-19-11)15(22)18-13-3-5-21(6-4-13)25(23,24)14-9-17-20(2)10-14/h7-10,13H,3-6H2,1-2H3,(H,18,22). The molecule has 1 saturated heterocycles. The number of amides is 1. The number of hydrogen-bond donors (Lipinski definition) is 1. The second kappa shape index (κ2) is 6.89. The maximum atomic E-state index is 12.6. The molecule has 9 nitrogen and oxygen atoms in total. The first-order chi connectivity index (χ1) is 11.9. The zero-order valence-corrected chi connectivity index (χ0v) is 14.9. The lowest BCUT2D eigenvalue weighted by Gasteiger charge is -2.31. The molecule has 0 unspecified atom stereocenters. The van der Waals surface area contributed by atoms with E-state index in [1.54, 1.807) is 20.0 Å². The third-order valence-electron chi connectivity index (χ3n) is 4.15. The Hall–Kier alpha value is -2.33. The minimum Gasteiger partial charge on any atom is -0.349 e. The molecule has 1 aliphatic heterocycles. The number of hydrogen-bond acceptors (Lipinski definition) is 6. The number of nitrogens with one attached hydrogen (secondary N) is 1. The minimum absolute atomic E-state index is 0.0682. The van der Waals surface area contributed by atoms with E-state index >= 15 is 0 Å². The van der Waals surface area contributed by atoms with Gasteiger partial charge in [-0.3, -0.25) is 9.48 Å². The zero-order chi connectivity index (χ0) is 18.0. The molecule has 10 heteroatoms. The van der Waals surface area contributed by atoms with Gasteiger partial charge in [-0.25, -0.2) is 8.42 Å². The molecular weight excluding hydrogens is 344 g/mol. The molecule has 2 aromatic rings. The van der Waals surface area contributed by atoms with Crippen LogP contribution in [0.15, 0.2) is 29.6 Å². The number of piperidine rings is 1. The average Bonchev–Trinajstić information content (AvgIpc) is 3.03. The summed E-state index contributed by atoms with van der Waals surface area (Å²) in [6.45, 7) is 2.48. The van der Waals surface area contributed by atoms with Gasteiger partial charge in [0.15, 0.2) is 0 Å². The van der Waals surface area contributed by atoms with E-state index in [2.05, 4.69) is 20.6 Å². The molecule has 3 heterocycles. The van der Waals surface area contributed by atoms with Crippen molar-refractivity contribution in [3.8, 4) is 0 Å². The first-order valence-corrected chi connectivity index (χ1v) is 9.39. The van der Waals surface area contributed by atoms with Crippen molar-refractivity contribution in [1.29, 1.82) is 0 Å². The third-order valence-corrected chi connectivity index (χ3v) is 6.00. The summed E-state index contributed by atoms with van der Waals surface area (Å²) in [7, 11) is -1.85. The fourth-order valence-electron chi connectivity index (χ4n) is 2.79. The molecule has 0 aliphatic carbocycles. The highest BCUT2D eigenvalue weighted by molar-refractivity contribution is 7.89. The number of nitrogens with zero attached hydrogens (tertiary/aromatic N) is 5. The van der Waals surface area contributed by atoms with Gasteiger partial charge >= 0.3 is 0 Å². The first-order valence-electron chi connectivity index (χ1n) is 7.95. The second-order valence-electron chi connectivity index (χ2n) is 6.09. The summed E-state index contributed by atoms with van der Waals surface area (Å²) in [5.74, 6) is -0.216. The van der Waals surface area contributed by atoms with Gasteiger partial charge in [0, 0.05) is 32.4 Å². The Balaban J connectivity index is 1.59. The molecule has 3 rings (SSSR count). The van der Waals surface area contributed by atoms with Crippen molar-refractivity contribution in [3.63, 3.8) is 0 Å². The highest BCUT2D eigenvalue weighted by Crippen LogP contribution is 2.20. The van der Waals surface area contributed by atoms with Crippen LogP contribution >= 0.6 is 0 Å². The van der Waals surface area contributed by atoms with Gasteiger partial charge in [-0.2, -0.15) is 19.6 Å². The number of sulfonamides is 1. The van der Waals surface area contributed by atoms with Crippen molar-refractivity contribution in [2.24, 2.45) is 7.05 Å². The van der Waals surface area contributed by atoms with Crippen LogP contribution in [0.4, 0.5) is 0 Å². The Bertz CT molecular complexity index is 871. The van der Waals surface area contributed by atoms with Crippen molar-refractivity contribution < 1.29 is 13.2 Å². The van der Waals surface area contributed by atoms with E-state index in [0.29, 0.717) is 37.2 Å². The van der Waals surface area contributed by atoms with Gasteiger partial charge in [-0.05, 0) is 25.8 Å². The molecule has 0 saturated carbocycles. The van der Waals surface area contributed by atoms with E-state index in [4.69, 9.17) is 0 Å². The molecule has 0 atom stereocenters. The highest BCUT2D eigenvalue weighted by atomic mass is 32.2. The van der Waals surface area contributed by atoms with Gasteiger partial charge < -0.3 is 5.32 Å². The van der Waals surface area contributed by atoms with Crippen LogP contribution in [-0.2, 0) is 17.1 Å². The van der Waals surface area contributed by atoms with E-state index in [0.717, 1.165) is 0 Å². The molecular formula is C15H20N6O3S. The number of aromatic nitrogens is 4. The van der Waals surface area contributed by atoms with E-state index in [9.17, 15) is 13.2 Å². The molecule has 0 radical (unpaired) electrons. The summed E-state index contributed by atoms with van der Waals surface area (Å²) in [4.78, 5) is 12.4. The molecule has 25 heavy (non-hydrogen) atoms. The van der Waals surface area contributed by atoms with Crippen LogP contribution in [0, 0.1) is 6.92 Å². The fourth-order valence-corrected chi connectivity index (χ4v) is 4.24. The summed E-state index contributed by atoms with van der Waals surface area (Å²) in [5.41, 5.74) is 1.13. The number of rotatable bonds is 4. The van der Waals surface area contributed by atoms with Crippen LogP contribution in [-0.4, -0.2) is 57.7 Å². The largest absolute Gasteiger partial charge is 0.349 e. The highest BCUT2D eigenvalue weighted by Gasteiger charge is 2.30. The number of carbonyl (C=O) groups is 1. The lowest BCUT2D eigenvalue weighted by atomic mass is 10.1. The van der Waals surface area contributed by atoms with Crippen LogP contribution in [0.1, 0.15) is 28.9 Å². The smallest absolute Gasteiger partial charge is 0.253 e. The number of carbonyl (C=O) groups excluding carboxylic acids is 1. The van der Waals surface area contributed by atoms with Gasteiger partial charge in [0.1, 0.15) is 4.90 Å². The van der Waals surface area contributed by atoms with Crippen LogP contribution in [0.25, 0.3) is 0 Å². The van der Waals surface area contributed by atoms with Crippen molar-refractivity contribution in [2.75, 3.05) is 13.1 Å². The molecule has 1 N–H and O–H groups in total. The molecule has 0 aromatic carbocycles. The Labute approximate surface area is 146 Å². The minimum atomic E-state index is -3.53. The lowest BCUT2D eigenvalue weighted by molar-refractivity contribution is 0.0923. The van der Waals surface area contributed by atoms with Gasteiger partial charge in [-0.1, -0.05) is 0 Å². The molecule has 1 amide bonds. The molecule has 1 fully saturated rings. The van der Waals surface area contributed by atoms with Crippen molar-refractivity contribution in [1.82, 2.24) is 29.6 Å². The Morgan fingerprint density at radius 3 is 2.60 bits per heavy atom. The summed E-state index contributed by atoms with van der Waals surface area (Å²) in [5, 5.41) is 14.4. The summed E-state index contributed by atoms with van der Waals surface area (Å²) in [6, 6.07) is 1.60. The molecule has 134 valence electrons. The Morgan fingerprint density at radius 2 is 2.00 bits per heavy atom. The van der Waals surface area contributed by atoms with Gasteiger partial charge in [0.2, 0.25) is 10.0 Å². The Kier molecular flexibility index (Phi) is 4.82. The molecule has 1 aliphatic rings. The quantitative estimate of drug-likeness (QED) is 0.824. The predicted molar refractivity (Wildman–Crippen MR) is 89.2 cm³/mol. The van der Waals surface area contributed by atoms with Crippen molar-refractivity contribution in [3.05, 3.63) is 35.9 Å². The summed E-state index contributed by atoms with van der Waals surface area (Å²) in [6.07, 6.45) is 5.37. The molecule has 2 aromatic heterocycles. The average molecular weight is 364 g/mol. The maximum Gasteiger partial charge on any atom is 0.253 e. The van der Waals surface area contributed by atoms with Gasteiger partial charge in [0.05, 0.1) is 23.7 Å². The summed E-state index contributed by atoms with van der Waals surface area (Å²) >= 11 is 0. The molecule has 0 bridgehead atoms. The predicted octanol–water partition coefficient (Wildman–Crippen LogP) is 0.102. The SMILES string of the molecule is Cc1cc(C(=O)NC2CCN(S(=O)(=O)c3cnn(C)c3)CC2)cnn1. The fraction of sp³-hybridized carbons (Fsp3) is 0.467. The van der Waals surface area contributed by atoms with Crippen molar-refractivity contribution in [2.45, 2.75) is 30.7 Å². The topological polar surface area (TPSA) is 110 Å². The van der Waals surface area contributed by atoms with Gasteiger partial charge in [0.25, 0.3) is 5.91 Å². The number of aryl methyl sites for hydroxylation is 2.